The van der Waals surface area contributed by atoms with Crippen LogP contribution in [0.4, 0.5) is 14.5 Å². The van der Waals surface area contributed by atoms with Crippen LogP contribution in [0.2, 0.25) is 0 Å². The summed E-state index contributed by atoms with van der Waals surface area (Å²) in [5.74, 6) is -3.81. The van der Waals surface area contributed by atoms with Gasteiger partial charge < -0.3 is 9.80 Å². The first-order valence-electron chi connectivity index (χ1n) is 7.43. The first kappa shape index (κ1) is 18.7. The number of hydrogen-bond donors (Lipinski definition) is 1. The van der Waals surface area contributed by atoms with Crippen molar-refractivity contribution in [1.29, 1.82) is 0 Å². The highest BCUT2D eigenvalue weighted by Gasteiger charge is 2.43. The summed E-state index contributed by atoms with van der Waals surface area (Å²) in [6.07, 6.45) is -1.14. The zero-order valence-electron chi connectivity index (χ0n) is 13.7. The number of rotatable bonds is 3. The Morgan fingerprint density at radius 1 is 1.31 bits per heavy atom. The van der Waals surface area contributed by atoms with Crippen LogP contribution in [-0.2, 0) is 4.79 Å². The van der Waals surface area contributed by atoms with Gasteiger partial charge in [-0.05, 0) is 34.1 Å². The number of anilines is 1. The standard InChI is InChI=1S/C16H14BrF2N3O3S/c1-20(2)9-4-10(18)14(11(19)5-9)16(24)21-6-13(23)22(25)15(21)12-3-8(17)7-26-12/h3-5,7,15,25H,6H2,1-2H3. The van der Waals surface area contributed by atoms with E-state index in [4.69, 9.17) is 0 Å². The summed E-state index contributed by atoms with van der Waals surface area (Å²) in [6, 6.07) is 3.71. The molecule has 3 rings (SSSR count). The molecule has 1 fully saturated rings. The minimum atomic E-state index is -1.14. The van der Waals surface area contributed by atoms with Crippen molar-refractivity contribution in [1.82, 2.24) is 9.96 Å². The Labute approximate surface area is 160 Å². The zero-order chi connectivity index (χ0) is 19.2. The highest BCUT2D eigenvalue weighted by molar-refractivity contribution is 9.10. The number of nitrogens with zero attached hydrogens (tertiary/aromatic N) is 3. The van der Waals surface area contributed by atoms with Crippen LogP contribution < -0.4 is 4.90 Å². The maximum Gasteiger partial charge on any atom is 0.268 e. The van der Waals surface area contributed by atoms with E-state index in [0.717, 1.165) is 17.0 Å². The maximum atomic E-state index is 14.4. The number of halogens is 3. The van der Waals surface area contributed by atoms with E-state index in [2.05, 4.69) is 15.9 Å². The normalized spacial score (nSPS) is 17.2. The number of hydrogen-bond acceptors (Lipinski definition) is 5. The Morgan fingerprint density at radius 3 is 2.42 bits per heavy atom. The molecule has 2 amide bonds. The molecule has 1 atom stereocenters. The Morgan fingerprint density at radius 2 is 1.92 bits per heavy atom. The van der Waals surface area contributed by atoms with Crippen molar-refractivity contribution in [3.05, 3.63) is 50.1 Å². The molecule has 2 aromatic rings. The summed E-state index contributed by atoms with van der Waals surface area (Å²) in [5, 5.41) is 12.1. The molecular weight excluding hydrogens is 432 g/mol. The first-order valence-corrected chi connectivity index (χ1v) is 9.10. The smallest absolute Gasteiger partial charge is 0.268 e. The Bertz CT molecular complexity index is 866. The molecule has 1 aromatic carbocycles. The largest absolute Gasteiger partial charge is 0.377 e. The summed E-state index contributed by atoms with van der Waals surface area (Å²) < 4.78 is 29.5. The lowest BCUT2D eigenvalue weighted by molar-refractivity contribution is -0.168. The van der Waals surface area contributed by atoms with E-state index in [9.17, 15) is 23.6 Å². The molecule has 10 heteroatoms. The van der Waals surface area contributed by atoms with Gasteiger partial charge in [-0.3, -0.25) is 14.8 Å². The average molecular weight is 446 g/mol. The predicted octanol–water partition coefficient (Wildman–Crippen LogP) is 3.23. The van der Waals surface area contributed by atoms with E-state index in [1.54, 1.807) is 25.5 Å². The molecule has 0 radical (unpaired) electrons. The Kier molecular flexibility index (Phi) is 5.00. The summed E-state index contributed by atoms with van der Waals surface area (Å²) in [4.78, 5) is 27.6. The van der Waals surface area contributed by atoms with Crippen molar-refractivity contribution >= 4 is 44.8 Å². The lowest BCUT2D eigenvalue weighted by Crippen LogP contribution is -2.35. The average Bonchev–Trinajstić information content (AvgIpc) is 3.10. The molecule has 0 spiro atoms. The van der Waals surface area contributed by atoms with Crippen LogP contribution in [0, 0.1) is 11.6 Å². The van der Waals surface area contributed by atoms with Crippen molar-refractivity contribution in [3.63, 3.8) is 0 Å². The third-order valence-electron chi connectivity index (χ3n) is 3.95. The quantitative estimate of drug-likeness (QED) is 0.736. The monoisotopic (exact) mass is 445 g/mol. The minimum absolute atomic E-state index is 0.261. The van der Waals surface area contributed by atoms with Gasteiger partial charge in [0.15, 0.2) is 6.17 Å². The maximum absolute atomic E-state index is 14.4. The van der Waals surface area contributed by atoms with Crippen LogP contribution in [0.25, 0.3) is 0 Å². The van der Waals surface area contributed by atoms with Gasteiger partial charge in [0, 0.05) is 29.6 Å². The molecule has 1 unspecified atom stereocenters. The van der Waals surface area contributed by atoms with Gasteiger partial charge in [0.05, 0.1) is 4.88 Å². The summed E-state index contributed by atoms with van der Waals surface area (Å²) in [5.41, 5.74) is -0.504. The van der Waals surface area contributed by atoms with Crippen molar-refractivity contribution in [2.45, 2.75) is 6.17 Å². The number of carbonyl (C=O) groups excluding carboxylic acids is 2. The van der Waals surface area contributed by atoms with E-state index < -0.39 is 41.7 Å². The molecule has 1 aliphatic rings. The van der Waals surface area contributed by atoms with Gasteiger partial charge in [0.2, 0.25) is 0 Å². The van der Waals surface area contributed by atoms with Crippen molar-refractivity contribution < 1.29 is 23.6 Å². The second-order valence-corrected chi connectivity index (χ2v) is 7.75. The van der Waals surface area contributed by atoms with Gasteiger partial charge in [-0.25, -0.2) is 8.78 Å². The third kappa shape index (κ3) is 3.19. The second kappa shape index (κ2) is 6.93. The molecule has 0 saturated carbocycles. The Hall–Kier alpha value is -2.04. The molecule has 1 N–H and O–H groups in total. The Balaban J connectivity index is 2.02. The highest BCUT2D eigenvalue weighted by Crippen LogP contribution is 2.36. The number of carbonyl (C=O) groups is 2. The minimum Gasteiger partial charge on any atom is -0.377 e. The van der Waals surface area contributed by atoms with Crippen LogP contribution in [0.15, 0.2) is 28.1 Å². The van der Waals surface area contributed by atoms with Crippen molar-refractivity contribution in [2.24, 2.45) is 0 Å². The molecule has 0 aliphatic carbocycles. The lowest BCUT2D eigenvalue weighted by atomic mass is 10.1. The van der Waals surface area contributed by atoms with Gasteiger partial charge in [0.25, 0.3) is 11.8 Å². The number of thiophene rings is 1. The van der Waals surface area contributed by atoms with Crippen LogP contribution in [0.1, 0.15) is 21.4 Å². The van der Waals surface area contributed by atoms with E-state index in [0.29, 0.717) is 14.4 Å². The zero-order valence-corrected chi connectivity index (χ0v) is 16.1. The van der Waals surface area contributed by atoms with Gasteiger partial charge in [-0.15, -0.1) is 11.3 Å². The summed E-state index contributed by atoms with van der Waals surface area (Å²) in [7, 11) is 3.23. The van der Waals surface area contributed by atoms with E-state index >= 15 is 0 Å². The number of hydroxylamine groups is 2. The van der Waals surface area contributed by atoms with E-state index in [1.165, 1.54) is 16.2 Å². The van der Waals surface area contributed by atoms with Gasteiger partial charge in [-0.1, -0.05) is 0 Å². The number of benzene rings is 1. The fourth-order valence-electron chi connectivity index (χ4n) is 2.66. The highest BCUT2D eigenvalue weighted by atomic mass is 79.9. The summed E-state index contributed by atoms with van der Waals surface area (Å²) in [6.45, 7) is -0.482. The van der Waals surface area contributed by atoms with Crippen molar-refractivity contribution in [3.8, 4) is 0 Å². The predicted molar refractivity (Wildman–Crippen MR) is 95.1 cm³/mol. The molecule has 2 heterocycles. The third-order valence-corrected chi connectivity index (χ3v) is 5.68. The molecule has 1 aliphatic heterocycles. The molecular formula is C16H14BrF2N3O3S. The SMILES string of the molecule is CN(C)c1cc(F)c(C(=O)N2CC(=O)N(O)C2c2cc(Br)cs2)c(F)c1. The molecule has 138 valence electrons. The number of amides is 2. The lowest BCUT2D eigenvalue weighted by Gasteiger charge is -2.25. The van der Waals surface area contributed by atoms with E-state index in [-0.39, 0.29) is 5.69 Å². The fraction of sp³-hybridized carbons (Fsp3) is 0.250. The first-order chi connectivity index (χ1) is 12.2. The van der Waals surface area contributed by atoms with Gasteiger partial charge in [0.1, 0.15) is 23.7 Å². The van der Waals surface area contributed by atoms with Crippen LogP contribution in [0.5, 0.6) is 0 Å². The van der Waals surface area contributed by atoms with Crippen LogP contribution in [0.3, 0.4) is 0 Å². The van der Waals surface area contributed by atoms with Crippen LogP contribution in [-0.4, -0.2) is 47.6 Å². The second-order valence-electron chi connectivity index (χ2n) is 5.89. The van der Waals surface area contributed by atoms with Crippen LogP contribution >= 0.6 is 27.3 Å². The van der Waals surface area contributed by atoms with Crippen molar-refractivity contribution in [2.75, 3.05) is 25.5 Å². The summed E-state index contributed by atoms with van der Waals surface area (Å²) >= 11 is 4.45. The van der Waals surface area contributed by atoms with Gasteiger partial charge in [-0.2, -0.15) is 5.06 Å². The van der Waals surface area contributed by atoms with E-state index in [1.807, 2.05) is 0 Å². The molecule has 1 aromatic heterocycles. The van der Waals surface area contributed by atoms with Gasteiger partial charge >= 0.3 is 0 Å². The topological polar surface area (TPSA) is 64.1 Å². The fourth-order valence-corrected chi connectivity index (χ4v) is 4.20. The molecule has 26 heavy (non-hydrogen) atoms. The molecule has 0 bridgehead atoms. The molecule has 1 saturated heterocycles. The molecule has 6 nitrogen and oxygen atoms in total.